The lowest BCUT2D eigenvalue weighted by atomic mass is 9.67. The third kappa shape index (κ3) is 2.22. The van der Waals surface area contributed by atoms with Crippen LogP contribution in [0.25, 0.3) is 0 Å². The van der Waals surface area contributed by atoms with Crippen molar-refractivity contribution in [1.29, 1.82) is 0 Å². The van der Waals surface area contributed by atoms with Crippen molar-refractivity contribution in [2.75, 3.05) is 0 Å². The fourth-order valence-corrected chi connectivity index (χ4v) is 1.45. The second-order valence-corrected chi connectivity index (χ2v) is 3.45. The Morgan fingerprint density at radius 1 is 1.33 bits per heavy atom. The number of aldehydes is 1. The SMILES string of the molecule is O=CC1(CCC(F)(F)F)CCC1. The van der Waals surface area contributed by atoms with Crippen LogP contribution in [0.15, 0.2) is 0 Å². The van der Waals surface area contributed by atoms with E-state index in [0.717, 1.165) is 6.42 Å². The number of carbonyl (C=O) groups excluding carboxylic acids is 1. The molecule has 0 aliphatic heterocycles. The monoisotopic (exact) mass is 180 g/mol. The van der Waals surface area contributed by atoms with Crippen LogP contribution in [-0.4, -0.2) is 12.5 Å². The highest BCUT2D eigenvalue weighted by Crippen LogP contribution is 2.44. The Labute approximate surface area is 68.9 Å². The quantitative estimate of drug-likeness (QED) is 0.610. The molecule has 4 heteroatoms. The van der Waals surface area contributed by atoms with Crippen molar-refractivity contribution in [3.05, 3.63) is 0 Å². The molecule has 0 heterocycles. The number of carbonyl (C=O) groups is 1. The van der Waals surface area contributed by atoms with E-state index in [1.165, 1.54) is 0 Å². The number of hydrogen-bond donors (Lipinski definition) is 0. The van der Waals surface area contributed by atoms with Gasteiger partial charge in [0.05, 0.1) is 0 Å². The Bertz CT molecular complexity index is 170. The van der Waals surface area contributed by atoms with Crippen LogP contribution in [0.3, 0.4) is 0 Å². The Hall–Kier alpha value is -0.540. The van der Waals surface area contributed by atoms with Gasteiger partial charge >= 0.3 is 6.18 Å². The Morgan fingerprint density at radius 3 is 2.17 bits per heavy atom. The molecule has 12 heavy (non-hydrogen) atoms. The first-order chi connectivity index (χ1) is 5.47. The van der Waals surface area contributed by atoms with Crippen molar-refractivity contribution < 1.29 is 18.0 Å². The molecule has 0 N–H and O–H groups in total. The summed E-state index contributed by atoms with van der Waals surface area (Å²) in [6, 6.07) is 0. The summed E-state index contributed by atoms with van der Waals surface area (Å²) in [5, 5.41) is 0. The summed E-state index contributed by atoms with van der Waals surface area (Å²) in [4.78, 5) is 10.5. The highest BCUT2D eigenvalue weighted by molar-refractivity contribution is 5.60. The zero-order valence-electron chi connectivity index (χ0n) is 6.66. The van der Waals surface area contributed by atoms with Gasteiger partial charge in [-0.1, -0.05) is 6.42 Å². The molecule has 0 aromatic heterocycles. The standard InChI is InChI=1S/C8H11F3O/c9-8(10,11)5-4-7(6-12)2-1-3-7/h6H,1-5H2. The molecule has 0 bridgehead atoms. The molecule has 1 saturated carbocycles. The maximum Gasteiger partial charge on any atom is 0.389 e. The average Bonchev–Trinajstić information content (AvgIpc) is 1.84. The van der Waals surface area contributed by atoms with Gasteiger partial charge in [0.25, 0.3) is 0 Å². The molecule has 1 nitrogen and oxygen atoms in total. The second-order valence-electron chi connectivity index (χ2n) is 3.45. The maximum atomic E-state index is 11.8. The predicted octanol–water partition coefficient (Wildman–Crippen LogP) is 2.70. The minimum Gasteiger partial charge on any atom is -0.303 e. The lowest BCUT2D eigenvalue weighted by Crippen LogP contribution is -2.32. The van der Waals surface area contributed by atoms with Crippen molar-refractivity contribution in [2.24, 2.45) is 5.41 Å². The van der Waals surface area contributed by atoms with E-state index >= 15 is 0 Å². The molecular formula is C8H11F3O. The van der Waals surface area contributed by atoms with E-state index in [0.29, 0.717) is 19.1 Å². The highest BCUT2D eigenvalue weighted by Gasteiger charge is 2.40. The van der Waals surface area contributed by atoms with Crippen LogP contribution in [0.4, 0.5) is 13.2 Å². The fourth-order valence-electron chi connectivity index (χ4n) is 1.45. The van der Waals surface area contributed by atoms with Gasteiger partial charge in [0, 0.05) is 11.8 Å². The molecule has 0 radical (unpaired) electrons. The predicted molar refractivity (Wildman–Crippen MR) is 37.6 cm³/mol. The highest BCUT2D eigenvalue weighted by atomic mass is 19.4. The van der Waals surface area contributed by atoms with E-state index in [9.17, 15) is 18.0 Å². The first-order valence-electron chi connectivity index (χ1n) is 4.01. The van der Waals surface area contributed by atoms with Gasteiger partial charge in [-0.3, -0.25) is 0 Å². The summed E-state index contributed by atoms with van der Waals surface area (Å²) >= 11 is 0. The molecule has 0 amide bonds. The largest absolute Gasteiger partial charge is 0.389 e. The van der Waals surface area contributed by atoms with Crippen molar-refractivity contribution in [3.63, 3.8) is 0 Å². The molecular weight excluding hydrogens is 169 g/mol. The van der Waals surface area contributed by atoms with Gasteiger partial charge in [0.2, 0.25) is 0 Å². The molecule has 0 saturated heterocycles. The molecule has 0 unspecified atom stereocenters. The van der Waals surface area contributed by atoms with Gasteiger partial charge < -0.3 is 4.79 Å². The van der Waals surface area contributed by atoms with Crippen molar-refractivity contribution in [1.82, 2.24) is 0 Å². The van der Waals surface area contributed by atoms with Crippen LogP contribution in [0.2, 0.25) is 0 Å². The summed E-state index contributed by atoms with van der Waals surface area (Å²) in [5.74, 6) is 0. The summed E-state index contributed by atoms with van der Waals surface area (Å²) in [7, 11) is 0. The maximum absolute atomic E-state index is 11.8. The summed E-state index contributed by atoms with van der Waals surface area (Å²) in [5.41, 5.74) is -0.629. The Morgan fingerprint density at radius 2 is 1.92 bits per heavy atom. The normalized spacial score (nSPS) is 21.6. The number of halogens is 3. The van der Waals surface area contributed by atoms with E-state index in [2.05, 4.69) is 0 Å². The molecule has 1 fully saturated rings. The van der Waals surface area contributed by atoms with Crippen LogP contribution in [0, 0.1) is 5.41 Å². The van der Waals surface area contributed by atoms with E-state index in [-0.39, 0.29) is 6.42 Å². The lowest BCUT2D eigenvalue weighted by molar-refractivity contribution is -0.146. The third-order valence-electron chi connectivity index (χ3n) is 2.51. The number of hydrogen-bond acceptors (Lipinski definition) is 1. The van der Waals surface area contributed by atoms with Gasteiger partial charge in [0.15, 0.2) is 0 Å². The average molecular weight is 180 g/mol. The fraction of sp³-hybridized carbons (Fsp3) is 0.875. The Balaban J connectivity index is 2.34. The lowest BCUT2D eigenvalue weighted by Gasteiger charge is -2.36. The van der Waals surface area contributed by atoms with Crippen molar-refractivity contribution >= 4 is 6.29 Å². The van der Waals surface area contributed by atoms with Crippen molar-refractivity contribution in [2.45, 2.75) is 38.3 Å². The third-order valence-corrected chi connectivity index (χ3v) is 2.51. The minimum absolute atomic E-state index is 0.0278. The molecule has 70 valence electrons. The smallest absolute Gasteiger partial charge is 0.303 e. The van der Waals surface area contributed by atoms with E-state index in [1.807, 2.05) is 0 Å². The van der Waals surface area contributed by atoms with E-state index < -0.39 is 18.0 Å². The molecule has 1 aliphatic rings. The van der Waals surface area contributed by atoms with Crippen LogP contribution < -0.4 is 0 Å². The summed E-state index contributed by atoms with van der Waals surface area (Å²) in [6.07, 6.45) is -2.13. The van der Waals surface area contributed by atoms with Gasteiger partial charge in [-0.15, -0.1) is 0 Å². The van der Waals surface area contributed by atoms with Gasteiger partial charge in [-0.25, -0.2) is 0 Å². The van der Waals surface area contributed by atoms with Crippen LogP contribution in [0.1, 0.15) is 32.1 Å². The summed E-state index contributed by atoms with van der Waals surface area (Å²) < 4.78 is 35.3. The molecule has 1 rings (SSSR count). The van der Waals surface area contributed by atoms with Crippen LogP contribution >= 0.6 is 0 Å². The van der Waals surface area contributed by atoms with Gasteiger partial charge in [-0.2, -0.15) is 13.2 Å². The van der Waals surface area contributed by atoms with Crippen LogP contribution in [0.5, 0.6) is 0 Å². The van der Waals surface area contributed by atoms with E-state index in [4.69, 9.17) is 0 Å². The molecule has 0 aromatic rings. The molecule has 0 spiro atoms. The number of alkyl halides is 3. The van der Waals surface area contributed by atoms with Gasteiger partial charge in [-0.05, 0) is 19.3 Å². The molecule has 1 aliphatic carbocycles. The minimum atomic E-state index is -4.12. The molecule has 0 atom stereocenters. The number of rotatable bonds is 3. The van der Waals surface area contributed by atoms with Gasteiger partial charge in [0.1, 0.15) is 6.29 Å². The zero-order valence-corrected chi connectivity index (χ0v) is 6.66. The second kappa shape index (κ2) is 3.07. The molecule has 0 aromatic carbocycles. The summed E-state index contributed by atoms with van der Waals surface area (Å²) in [6.45, 7) is 0. The van der Waals surface area contributed by atoms with E-state index in [1.54, 1.807) is 0 Å². The Kier molecular flexibility index (Phi) is 2.44. The first-order valence-corrected chi connectivity index (χ1v) is 4.01. The zero-order chi connectivity index (χ0) is 9.24. The topological polar surface area (TPSA) is 17.1 Å². The van der Waals surface area contributed by atoms with Crippen molar-refractivity contribution in [3.8, 4) is 0 Å². The first kappa shape index (κ1) is 9.55. The van der Waals surface area contributed by atoms with Crippen LogP contribution in [-0.2, 0) is 4.79 Å².